The molecule has 92 valence electrons. The van der Waals surface area contributed by atoms with E-state index in [4.69, 9.17) is 11.5 Å². The number of benzene rings is 1. The number of carbonyl (C=O) groups excluding carboxylic acids is 1. The Kier molecular flexibility index (Phi) is 3.14. The number of pyridine rings is 1. The second kappa shape index (κ2) is 4.75. The molecular weight excluding hydrogens is 228 g/mol. The topological polar surface area (TPSA) is 94.0 Å². The number of nitrogen functional groups attached to an aromatic ring is 2. The molecule has 0 atom stereocenters. The number of nitrogens with two attached hydrogens (primary N) is 2. The summed E-state index contributed by atoms with van der Waals surface area (Å²) in [5.41, 5.74) is 14.0. The molecule has 0 unspecified atom stereocenters. The van der Waals surface area contributed by atoms with E-state index in [2.05, 4.69) is 10.3 Å². The smallest absolute Gasteiger partial charge is 0.257 e. The monoisotopic (exact) mass is 242 g/mol. The Labute approximate surface area is 105 Å². The predicted octanol–water partition coefficient (Wildman–Crippen LogP) is 1.81. The van der Waals surface area contributed by atoms with Crippen LogP contribution >= 0.6 is 0 Å². The molecule has 0 saturated heterocycles. The number of aromatic nitrogens is 1. The van der Waals surface area contributed by atoms with Gasteiger partial charge in [0.05, 0.1) is 16.9 Å². The number of hydrogen-bond donors (Lipinski definition) is 3. The Balaban J connectivity index is 2.25. The van der Waals surface area contributed by atoms with E-state index in [1.807, 2.05) is 6.92 Å². The predicted molar refractivity (Wildman–Crippen MR) is 72.2 cm³/mol. The lowest BCUT2D eigenvalue weighted by molar-refractivity contribution is 0.102. The van der Waals surface area contributed by atoms with E-state index in [0.717, 1.165) is 5.69 Å². The van der Waals surface area contributed by atoms with Crippen LogP contribution in [0.2, 0.25) is 0 Å². The fourth-order valence-corrected chi connectivity index (χ4v) is 1.59. The first kappa shape index (κ1) is 11.9. The molecule has 2 rings (SSSR count). The van der Waals surface area contributed by atoms with Crippen LogP contribution < -0.4 is 16.8 Å². The summed E-state index contributed by atoms with van der Waals surface area (Å²) in [7, 11) is 0. The summed E-state index contributed by atoms with van der Waals surface area (Å²) < 4.78 is 0. The van der Waals surface area contributed by atoms with Gasteiger partial charge in [0.2, 0.25) is 0 Å². The molecular formula is C13H14N4O. The number of hydrogen-bond acceptors (Lipinski definition) is 4. The molecule has 0 radical (unpaired) electrons. The van der Waals surface area contributed by atoms with Gasteiger partial charge in [-0.2, -0.15) is 0 Å². The van der Waals surface area contributed by atoms with Gasteiger partial charge in [0, 0.05) is 17.6 Å². The molecule has 0 aliphatic heterocycles. The molecule has 0 fully saturated rings. The van der Waals surface area contributed by atoms with Crippen molar-refractivity contribution in [3.05, 3.63) is 47.8 Å². The van der Waals surface area contributed by atoms with Crippen LogP contribution in [0, 0.1) is 6.92 Å². The van der Waals surface area contributed by atoms with E-state index in [1.54, 1.807) is 36.5 Å². The maximum atomic E-state index is 12.0. The van der Waals surface area contributed by atoms with Gasteiger partial charge < -0.3 is 16.8 Å². The molecule has 2 aromatic rings. The third-order valence-corrected chi connectivity index (χ3v) is 2.58. The van der Waals surface area contributed by atoms with Gasteiger partial charge in [-0.25, -0.2) is 0 Å². The van der Waals surface area contributed by atoms with E-state index in [1.165, 1.54) is 0 Å². The van der Waals surface area contributed by atoms with Crippen LogP contribution in [0.1, 0.15) is 16.1 Å². The Morgan fingerprint density at radius 3 is 2.72 bits per heavy atom. The summed E-state index contributed by atoms with van der Waals surface area (Å²) in [5, 5.41) is 2.76. The minimum atomic E-state index is -0.274. The lowest BCUT2D eigenvalue weighted by Gasteiger charge is -2.09. The minimum Gasteiger partial charge on any atom is -0.399 e. The van der Waals surface area contributed by atoms with Crippen molar-refractivity contribution in [1.82, 2.24) is 4.98 Å². The number of rotatable bonds is 2. The van der Waals surface area contributed by atoms with Crippen molar-refractivity contribution in [3.8, 4) is 0 Å². The van der Waals surface area contributed by atoms with Crippen LogP contribution in [0.15, 0.2) is 36.5 Å². The van der Waals surface area contributed by atoms with Crippen LogP contribution in [0.25, 0.3) is 0 Å². The Morgan fingerprint density at radius 1 is 1.28 bits per heavy atom. The molecule has 0 saturated carbocycles. The van der Waals surface area contributed by atoms with Crippen molar-refractivity contribution in [2.24, 2.45) is 0 Å². The summed E-state index contributed by atoms with van der Waals surface area (Å²) in [6, 6.07) is 8.35. The summed E-state index contributed by atoms with van der Waals surface area (Å²) in [4.78, 5) is 16.1. The second-order valence-corrected chi connectivity index (χ2v) is 3.94. The van der Waals surface area contributed by atoms with Crippen molar-refractivity contribution in [1.29, 1.82) is 0 Å². The fraction of sp³-hybridized carbons (Fsp3) is 0.0769. The standard InChI is InChI=1S/C13H14N4O/c1-8-12(3-2-6-16-8)17-13(18)10-5-4-9(14)7-11(10)15/h2-7H,14-15H2,1H3,(H,17,18). The first-order valence-corrected chi connectivity index (χ1v) is 5.46. The highest BCUT2D eigenvalue weighted by molar-refractivity contribution is 6.08. The van der Waals surface area contributed by atoms with Crippen LogP contribution in [0.5, 0.6) is 0 Å². The van der Waals surface area contributed by atoms with Gasteiger partial charge in [0.1, 0.15) is 0 Å². The summed E-state index contributed by atoms with van der Waals surface area (Å²) in [6.45, 7) is 1.82. The number of aryl methyl sites for hydroxylation is 1. The van der Waals surface area contributed by atoms with Crippen LogP contribution in [-0.2, 0) is 0 Å². The highest BCUT2D eigenvalue weighted by atomic mass is 16.1. The lowest BCUT2D eigenvalue weighted by atomic mass is 10.1. The number of carbonyl (C=O) groups is 1. The Morgan fingerprint density at radius 2 is 2.06 bits per heavy atom. The van der Waals surface area contributed by atoms with Gasteiger partial charge >= 0.3 is 0 Å². The number of amides is 1. The third-order valence-electron chi connectivity index (χ3n) is 2.58. The molecule has 5 N–H and O–H groups in total. The van der Waals surface area contributed by atoms with Gasteiger partial charge in [-0.1, -0.05) is 0 Å². The van der Waals surface area contributed by atoms with Crippen molar-refractivity contribution < 1.29 is 4.79 Å². The third kappa shape index (κ3) is 2.40. The van der Waals surface area contributed by atoms with Crippen molar-refractivity contribution in [2.45, 2.75) is 6.92 Å². The SMILES string of the molecule is Cc1ncccc1NC(=O)c1ccc(N)cc1N. The van der Waals surface area contributed by atoms with Gasteiger partial charge in [0.15, 0.2) is 0 Å². The zero-order valence-electron chi connectivity index (χ0n) is 9.97. The molecule has 0 aliphatic carbocycles. The van der Waals surface area contributed by atoms with E-state index >= 15 is 0 Å². The van der Waals surface area contributed by atoms with Crippen LogP contribution in [-0.4, -0.2) is 10.9 Å². The fourth-order valence-electron chi connectivity index (χ4n) is 1.59. The highest BCUT2D eigenvalue weighted by Gasteiger charge is 2.11. The van der Waals surface area contributed by atoms with Gasteiger partial charge in [0.25, 0.3) is 5.91 Å². The normalized spacial score (nSPS) is 10.1. The maximum Gasteiger partial charge on any atom is 0.257 e. The molecule has 1 heterocycles. The molecule has 1 amide bonds. The summed E-state index contributed by atoms with van der Waals surface area (Å²) >= 11 is 0. The zero-order valence-corrected chi connectivity index (χ0v) is 9.97. The Bertz CT molecular complexity index is 595. The minimum absolute atomic E-state index is 0.274. The number of nitrogens with zero attached hydrogens (tertiary/aromatic N) is 1. The quantitative estimate of drug-likeness (QED) is 0.700. The molecule has 18 heavy (non-hydrogen) atoms. The van der Waals surface area contributed by atoms with E-state index < -0.39 is 0 Å². The first-order valence-electron chi connectivity index (χ1n) is 5.46. The molecule has 5 heteroatoms. The highest BCUT2D eigenvalue weighted by Crippen LogP contribution is 2.18. The molecule has 5 nitrogen and oxygen atoms in total. The zero-order chi connectivity index (χ0) is 13.1. The van der Waals surface area contributed by atoms with Gasteiger partial charge in [-0.3, -0.25) is 9.78 Å². The molecule has 0 bridgehead atoms. The molecule has 0 aliphatic rings. The molecule has 1 aromatic carbocycles. The average molecular weight is 242 g/mol. The van der Waals surface area contributed by atoms with Gasteiger partial charge in [-0.05, 0) is 37.3 Å². The van der Waals surface area contributed by atoms with Gasteiger partial charge in [-0.15, -0.1) is 0 Å². The maximum absolute atomic E-state index is 12.0. The Hall–Kier alpha value is -2.56. The van der Waals surface area contributed by atoms with Crippen molar-refractivity contribution in [2.75, 3.05) is 16.8 Å². The van der Waals surface area contributed by atoms with E-state index in [0.29, 0.717) is 22.6 Å². The van der Waals surface area contributed by atoms with Crippen LogP contribution in [0.4, 0.5) is 17.1 Å². The average Bonchev–Trinajstić information content (AvgIpc) is 2.32. The molecule has 1 aromatic heterocycles. The molecule has 0 spiro atoms. The van der Waals surface area contributed by atoms with E-state index in [-0.39, 0.29) is 5.91 Å². The van der Waals surface area contributed by atoms with Crippen molar-refractivity contribution in [3.63, 3.8) is 0 Å². The lowest BCUT2D eigenvalue weighted by Crippen LogP contribution is -2.15. The largest absolute Gasteiger partial charge is 0.399 e. The second-order valence-electron chi connectivity index (χ2n) is 3.94. The summed E-state index contributed by atoms with van der Waals surface area (Å²) in [5.74, 6) is -0.274. The number of anilines is 3. The van der Waals surface area contributed by atoms with Crippen molar-refractivity contribution >= 4 is 23.0 Å². The van der Waals surface area contributed by atoms with Crippen LogP contribution in [0.3, 0.4) is 0 Å². The van der Waals surface area contributed by atoms with E-state index in [9.17, 15) is 4.79 Å². The summed E-state index contributed by atoms with van der Waals surface area (Å²) in [6.07, 6.45) is 1.67. The number of nitrogens with one attached hydrogen (secondary N) is 1. The first-order chi connectivity index (χ1) is 8.58.